The second-order valence-corrected chi connectivity index (χ2v) is 6.93. The molecule has 0 saturated heterocycles. The second-order valence-electron chi connectivity index (χ2n) is 6.12. The number of halogens is 1. The maximum atomic E-state index is 12.5. The molecule has 1 fully saturated rings. The van der Waals surface area contributed by atoms with Gasteiger partial charge in [0, 0.05) is 12.0 Å². The third-order valence-corrected chi connectivity index (χ3v) is 5.10. The molecule has 6 heteroatoms. The Balaban J connectivity index is 2.10. The maximum Gasteiger partial charge on any atom is 0.229 e. The minimum Gasteiger partial charge on any atom is -0.327 e. The summed E-state index contributed by atoms with van der Waals surface area (Å²) in [6.45, 7) is 6.37. The van der Waals surface area contributed by atoms with Gasteiger partial charge in [0.05, 0.1) is 12.4 Å². The number of carbonyl (C=O) groups is 1. The molecule has 0 spiro atoms. The molecule has 1 aromatic rings. The Kier molecular flexibility index (Phi) is 4.44. The lowest BCUT2D eigenvalue weighted by Crippen LogP contribution is -2.50. The van der Waals surface area contributed by atoms with E-state index in [0.717, 1.165) is 12.8 Å². The largest absolute Gasteiger partial charge is 0.327 e. The summed E-state index contributed by atoms with van der Waals surface area (Å²) in [5.41, 5.74) is 6.01. The SMILES string of the molecule is CC1C(N)CCC(C(=O)Nc2cnc(Br)cn2)C1(C)C. The third kappa shape index (κ3) is 3.01. The fourth-order valence-corrected chi connectivity index (χ4v) is 3.11. The summed E-state index contributed by atoms with van der Waals surface area (Å²) in [4.78, 5) is 20.7. The van der Waals surface area contributed by atoms with Crippen LogP contribution in [0.5, 0.6) is 0 Å². The first-order valence-electron chi connectivity index (χ1n) is 6.86. The summed E-state index contributed by atoms with van der Waals surface area (Å²) in [5, 5.41) is 2.86. The molecule has 1 aromatic heterocycles. The highest BCUT2D eigenvalue weighted by Crippen LogP contribution is 2.44. The van der Waals surface area contributed by atoms with Crippen LogP contribution in [0, 0.1) is 17.3 Å². The van der Waals surface area contributed by atoms with Crippen molar-refractivity contribution in [2.24, 2.45) is 23.0 Å². The summed E-state index contributed by atoms with van der Waals surface area (Å²) in [6.07, 6.45) is 4.82. The maximum absolute atomic E-state index is 12.5. The summed E-state index contributed by atoms with van der Waals surface area (Å²) < 4.78 is 0.646. The van der Waals surface area contributed by atoms with E-state index < -0.39 is 0 Å². The standard InChI is InChI=1S/C14H21BrN4O/c1-8-10(16)5-4-9(14(8,2)3)13(20)19-12-7-17-11(15)6-18-12/h6-10H,4-5,16H2,1-3H3,(H,18,19,20). The Morgan fingerprint density at radius 1 is 1.40 bits per heavy atom. The normalized spacial score (nSPS) is 28.9. The first kappa shape index (κ1) is 15.4. The molecule has 3 N–H and O–H groups in total. The van der Waals surface area contributed by atoms with E-state index in [1.807, 2.05) is 0 Å². The van der Waals surface area contributed by atoms with Crippen LogP contribution in [0.1, 0.15) is 33.6 Å². The predicted molar refractivity (Wildman–Crippen MR) is 82.0 cm³/mol. The van der Waals surface area contributed by atoms with E-state index in [4.69, 9.17) is 5.73 Å². The Morgan fingerprint density at radius 3 is 2.70 bits per heavy atom. The minimum atomic E-state index is -0.120. The zero-order valence-corrected chi connectivity index (χ0v) is 13.6. The van der Waals surface area contributed by atoms with Gasteiger partial charge >= 0.3 is 0 Å². The van der Waals surface area contributed by atoms with Gasteiger partial charge in [0.2, 0.25) is 5.91 Å². The summed E-state index contributed by atoms with van der Waals surface area (Å²) in [7, 11) is 0. The van der Waals surface area contributed by atoms with Crippen LogP contribution < -0.4 is 11.1 Å². The highest BCUT2D eigenvalue weighted by molar-refractivity contribution is 9.10. The molecule has 1 aliphatic carbocycles. The number of hydrogen-bond acceptors (Lipinski definition) is 4. The number of rotatable bonds is 2. The van der Waals surface area contributed by atoms with Gasteiger partial charge in [-0.1, -0.05) is 20.8 Å². The van der Waals surface area contributed by atoms with E-state index >= 15 is 0 Å². The van der Waals surface area contributed by atoms with Gasteiger partial charge in [0.15, 0.2) is 5.82 Å². The second kappa shape index (κ2) is 5.77. The van der Waals surface area contributed by atoms with Crippen molar-refractivity contribution in [3.8, 4) is 0 Å². The average molecular weight is 341 g/mol. The molecular weight excluding hydrogens is 320 g/mol. The van der Waals surface area contributed by atoms with Crippen LogP contribution in [0.3, 0.4) is 0 Å². The Labute approximate surface area is 127 Å². The molecule has 1 saturated carbocycles. The molecule has 0 bridgehead atoms. The van der Waals surface area contributed by atoms with Gasteiger partial charge in [-0.15, -0.1) is 0 Å². The summed E-state index contributed by atoms with van der Waals surface area (Å²) >= 11 is 3.22. The van der Waals surface area contributed by atoms with Gasteiger partial charge in [0.25, 0.3) is 0 Å². The molecule has 3 atom stereocenters. The molecule has 5 nitrogen and oxygen atoms in total. The molecule has 20 heavy (non-hydrogen) atoms. The van der Waals surface area contributed by atoms with Crippen molar-refractivity contribution in [2.75, 3.05) is 5.32 Å². The Bertz CT molecular complexity index is 488. The van der Waals surface area contributed by atoms with Crippen LogP contribution in [-0.2, 0) is 4.79 Å². The van der Waals surface area contributed by atoms with Crippen LogP contribution in [-0.4, -0.2) is 21.9 Å². The molecule has 0 radical (unpaired) electrons. The molecular formula is C14H21BrN4O. The van der Waals surface area contributed by atoms with Crippen molar-refractivity contribution in [3.63, 3.8) is 0 Å². The van der Waals surface area contributed by atoms with Gasteiger partial charge in [-0.3, -0.25) is 4.79 Å². The summed E-state index contributed by atoms with van der Waals surface area (Å²) in [5.74, 6) is 0.743. The predicted octanol–water partition coefficient (Wildman–Crippen LogP) is 2.58. The molecule has 1 aliphatic rings. The van der Waals surface area contributed by atoms with E-state index in [-0.39, 0.29) is 23.3 Å². The van der Waals surface area contributed by atoms with Crippen molar-refractivity contribution >= 4 is 27.7 Å². The quantitative estimate of drug-likeness (QED) is 0.866. The molecule has 1 heterocycles. The van der Waals surface area contributed by atoms with E-state index in [0.29, 0.717) is 16.3 Å². The molecule has 3 unspecified atom stereocenters. The van der Waals surface area contributed by atoms with Crippen molar-refractivity contribution in [2.45, 2.75) is 39.7 Å². The van der Waals surface area contributed by atoms with E-state index in [1.165, 1.54) is 0 Å². The van der Waals surface area contributed by atoms with Gasteiger partial charge in [-0.2, -0.15) is 0 Å². The molecule has 1 amide bonds. The van der Waals surface area contributed by atoms with Crippen molar-refractivity contribution in [3.05, 3.63) is 17.0 Å². The number of aromatic nitrogens is 2. The summed E-state index contributed by atoms with van der Waals surface area (Å²) in [6, 6.07) is 0.168. The van der Waals surface area contributed by atoms with Gasteiger partial charge in [-0.25, -0.2) is 9.97 Å². The lowest BCUT2D eigenvalue weighted by molar-refractivity contribution is -0.127. The Hall–Kier alpha value is -1.01. The highest BCUT2D eigenvalue weighted by atomic mass is 79.9. The molecule has 2 rings (SSSR count). The zero-order valence-electron chi connectivity index (χ0n) is 12.1. The fraction of sp³-hybridized carbons (Fsp3) is 0.643. The number of hydrogen-bond donors (Lipinski definition) is 2. The molecule has 0 aliphatic heterocycles. The number of amides is 1. The number of nitrogens with one attached hydrogen (secondary N) is 1. The number of nitrogens with two attached hydrogens (primary N) is 1. The average Bonchev–Trinajstić information content (AvgIpc) is 2.38. The van der Waals surface area contributed by atoms with Gasteiger partial charge in [-0.05, 0) is 40.1 Å². The first-order chi connectivity index (χ1) is 9.32. The minimum absolute atomic E-state index is 0.00497. The van der Waals surface area contributed by atoms with E-state index in [9.17, 15) is 4.79 Å². The highest BCUT2D eigenvalue weighted by Gasteiger charge is 2.45. The first-order valence-corrected chi connectivity index (χ1v) is 7.65. The number of nitrogens with zero attached hydrogens (tertiary/aromatic N) is 2. The topological polar surface area (TPSA) is 80.9 Å². The monoisotopic (exact) mass is 340 g/mol. The van der Waals surface area contributed by atoms with Crippen molar-refractivity contribution in [1.82, 2.24) is 9.97 Å². The van der Waals surface area contributed by atoms with E-state index in [2.05, 4.69) is 52.0 Å². The smallest absolute Gasteiger partial charge is 0.229 e. The molecule has 0 aromatic carbocycles. The molecule has 110 valence electrons. The zero-order chi connectivity index (χ0) is 14.9. The van der Waals surface area contributed by atoms with Crippen LogP contribution >= 0.6 is 15.9 Å². The van der Waals surface area contributed by atoms with Crippen molar-refractivity contribution < 1.29 is 4.79 Å². The van der Waals surface area contributed by atoms with Gasteiger partial charge in [0.1, 0.15) is 4.60 Å². The van der Waals surface area contributed by atoms with Crippen LogP contribution in [0.25, 0.3) is 0 Å². The number of anilines is 1. The fourth-order valence-electron chi connectivity index (χ4n) is 2.91. The Morgan fingerprint density at radius 2 is 2.10 bits per heavy atom. The van der Waals surface area contributed by atoms with E-state index in [1.54, 1.807) is 12.4 Å². The van der Waals surface area contributed by atoms with Crippen molar-refractivity contribution in [1.29, 1.82) is 0 Å². The van der Waals surface area contributed by atoms with Crippen LogP contribution in [0.4, 0.5) is 5.82 Å². The number of carbonyl (C=O) groups excluding carboxylic acids is 1. The van der Waals surface area contributed by atoms with Crippen LogP contribution in [0.15, 0.2) is 17.0 Å². The lowest BCUT2D eigenvalue weighted by Gasteiger charge is -2.45. The lowest BCUT2D eigenvalue weighted by atomic mass is 9.61. The third-order valence-electron chi connectivity index (χ3n) is 4.69. The van der Waals surface area contributed by atoms with Gasteiger partial charge < -0.3 is 11.1 Å². The van der Waals surface area contributed by atoms with Crippen LogP contribution in [0.2, 0.25) is 0 Å².